The van der Waals surface area contributed by atoms with Gasteiger partial charge in [-0.3, -0.25) is 0 Å². The third kappa shape index (κ3) is 3.25. The molecule has 2 heteroatoms. The number of allylic oxidation sites excluding steroid dienone is 2. The number of hydrogen-bond donors (Lipinski definition) is 1. The van der Waals surface area contributed by atoms with E-state index in [0.717, 1.165) is 12.8 Å². The summed E-state index contributed by atoms with van der Waals surface area (Å²) >= 11 is 0. The normalized spacial score (nSPS) is 23.2. The lowest BCUT2D eigenvalue weighted by molar-refractivity contribution is -0.130. The summed E-state index contributed by atoms with van der Waals surface area (Å²) in [5.74, 6) is 4.27. The Labute approximate surface area is 151 Å². The van der Waals surface area contributed by atoms with Gasteiger partial charge in [-0.15, -0.1) is 0 Å². The van der Waals surface area contributed by atoms with Crippen LogP contribution in [0.25, 0.3) is 5.57 Å². The van der Waals surface area contributed by atoms with Crippen LogP contribution in [-0.2, 0) is 15.6 Å². The van der Waals surface area contributed by atoms with Crippen molar-refractivity contribution in [3.8, 4) is 11.8 Å². The van der Waals surface area contributed by atoms with Crippen LogP contribution in [0.1, 0.15) is 75.6 Å². The van der Waals surface area contributed by atoms with Crippen LogP contribution in [-0.4, -0.2) is 11.1 Å². The van der Waals surface area contributed by atoms with Crippen LogP contribution >= 0.6 is 0 Å². The number of aliphatic carboxylic acids is 1. The first kappa shape index (κ1) is 17.8. The van der Waals surface area contributed by atoms with Gasteiger partial charge in [0, 0.05) is 11.8 Å². The maximum Gasteiger partial charge on any atom is 0.381 e. The highest BCUT2D eigenvalue weighted by molar-refractivity contribution is 5.87. The number of carboxylic acid groups (broad SMARTS) is 1. The molecule has 3 rings (SSSR count). The lowest BCUT2D eigenvalue weighted by atomic mass is 9.62. The third-order valence-corrected chi connectivity index (χ3v) is 6.06. The van der Waals surface area contributed by atoms with Gasteiger partial charge in [-0.25, -0.2) is 4.79 Å². The molecule has 0 aliphatic heterocycles. The van der Waals surface area contributed by atoms with E-state index < -0.39 is 5.97 Å². The highest BCUT2D eigenvalue weighted by atomic mass is 16.4. The van der Waals surface area contributed by atoms with Gasteiger partial charge in [0.25, 0.3) is 0 Å². The third-order valence-electron chi connectivity index (χ3n) is 6.06. The van der Waals surface area contributed by atoms with Crippen molar-refractivity contribution in [1.82, 2.24) is 0 Å². The number of fused-ring (bicyclic) bond motifs is 1. The quantitative estimate of drug-likeness (QED) is 0.713. The van der Waals surface area contributed by atoms with Crippen LogP contribution in [0.15, 0.2) is 18.2 Å². The van der Waals surface area contributed by atoms with E-state index in [0.29, 0.717) is 0 Å². The highest BCUT2D eigenvalue weighted by Gasteiger charge is 2.38. The van der Waals surface area contributed by atoms with E-state index in [-0.39, 0.29) is 16.7 Å². The van der Waals surface area contributed by atoms with Crippen molar-refractivity contribution in [2.75, 3.05) is 0 Å². The van der Waals surface area contributed by atoms with Gasteiger partial charge >= 0.3 is 5.97 Å². The number of rotatable bonds is 1. The Morgan fingerprint density at radius 2 is 1.72 bits per heavy atom. The molecule has 1 unspecified atom stereocenters. The molecule has 2 aliphatic rings. The van der Waals surface area contributed by atoms with Gasteiger partial charge in [0.15, 0.2) is 0 Å². The Hall–Kier alpha value is -2.01. The van der Waals surface area contributed by atoms with Crippen molar-refractivity contribution in [3.63, 3.8) is 0 Å². The summed E-state index contributed by atoms with van der Waals surface area (Å²) in [6.07, 6.45) is 6.54. The SMILES string of the molecule is Cc1cc2c(cc1C1=CCCC1C#CC(=O)O)C(C)(C)CCC2(C)C. The Morgan fingerprint density at radius 1 is 1.12 bits per heavy atom. The average Bonchev–Trinajstić information content (AvgIpc) is 2.98. The number of aryl methyl sites for hydroxylation is 1. The molecule has 0 radical (unpaired) electrons. The molecule has 25 heavy (non-hydrogen) atoms. The molecule has 2 aliphatic carbocycles. The van der Waals surface area contributed by atoms with E-state index in [9.17, 15) is 4.79 Å². The predicted octanol–water partition coefficient (Wildman–Crippen LogP) is 5.23. The Morgan fingerprint density at radius 3 is 2.32 bits per heavy atom. The van der Waals surface area contributed by atoms with E-state index in [1.54, 1.807) is 0 Å². The van der Waals surface area contributed by atoms with Gasteiger partial charge in [0.1, 0.15) is 0 Å². The summed E-state index contributed by atoms with van der Waals surface area (Å²) in [5, 5.41) is 8.88. The first-order valence-corrected chi connectivity index (χ1v) is 9.22. The molecule has 0 aromatic heterocycles. The van der Waals surface area contributed by atoms with Crippen LogP contribution in [0.4, 0.5) is 0 Å². The molecule has 132 valence electrons. The van der Waals surface area contributed by atoms with Crippen molar-refractivity contribution < 1.29 is 9.90 Å². The fourth-order valence-electron chi connectivity index (χ4n) is 4.33. The van der Waals surface area contributed by atoms with Crippen molar-refractivity contribution >= 4 is 11.5 Å². The van der Waals surface area contributed by atoms with E-state index in [1.807, 2.05) is 0 Å². The number of benzene rings is 1. The minimum absolute atomic E-state index is 0.0348. The zero-order valence-electron chi connectivity index (χ0n) is 16.0. The maximum atomic E-state index is 10.8. The summed E-state index contributed by atoms with van der Waals surface area (Å²) in [5.41, 5.74) is 7.05. The largest absolute Gasteiger partial charge is 0.472 e. The molecule has 0 spiro atoms. The zero-order valence-corrected chi connectivity index (χ0v) is 16.0. The summed E-state index contributed by atoms with van der Waals surface area (Å²) in [6, 6.07) is 4.74. The lowest BCUT2D eigenvalue weighted by Crippen LogP contribution is -2.34. The average molecular weight is 336 g/mol. The van der Waals surface area contributed by atoms with Gasteiger partial charge in [-0.1, -0.05) is 51.8 Å². The monoisotopic (exact) mass is 336 g/mol. The number of hydrogen-bond acceptors (Lipinski definition) is 1. The van der Waals surface area contributed by atoms with Gasteiger partial charge in [-0.05, 0) is 71.3 Å². The van der Waals surface area contributed by atoms with Gasteiger partial charge in [-0.2, -0.15) is 0 Å². The molecule has 1 aromatic carbocycles. The van der Waals surface area contributed by atoms with Crippen molar-refractivity contribution in [2.24, 2.45) is 5.92 Å². The molecule has 0 heterocycles. The summed E-state index contributed by atoms with van der Waals surface area (Å²) in [4.78, 5) is 10.8. The summed E-state index contributed by atoms with van der Waals surface area (Å²) in [6.45, 7) is 11.5. The Kier molecular flexibility index (Phi) is 4.31. The molecule has 1 N–H and O–H groups in total. The predicted molar refractivity (Wildman–Crippen MR) is 103 cm³/mol. The summed E-state index contributed by atoms with van der Waals surface area (Å²) < 4.78 is 0. The van der Waals surface area contributed by atoms with E-state index in [4.69, 9.17) is 5.11 Å². The van der Waals surface area contributed by atoms with E-state index in [1.165, 1.54) is 40.7 Å². The second kappa shape index (κ2) is 6.06. The van der Waals surface area contributed by atoms with Crippen molar-refractivity contribution in [1.29, 1.82) is 0 Å². The zero-order chi connectivity index (χ0) is 18.4. The molecule has 0 saturated carbocycles. The first-order valence-electron chi connectivity index (χ1n) is 9.22. The van der Waals surface area contributed by atoms with Crippen LogP contribution in [0.2, 0.25) is 0 Å². The minimum Gasteiger partial charge on any atom is -0.472 e. The van der Waals surface area contributed by atoms with Crippen molar-refractivity contribution in [3.05, 3.63) is 40.5 Å². The van der Waals surface area contributed by atoms with Crippen molar-refractivity contribution in [2.45, 2.75) is 71.1 Å². The second-order valence-electron chi connectivity index (χ2n) is 8.84. The molecule has 0 bridgehead atoms. The molecule has 0 amide bonds. The topological polar surface area (TPSA) is 37.3 Å². The van der Waals surface area contributed by atoms with Gasteiger partial charge < -0.3 is 5.11 Å². The molecule has 1 atom stereocenters. The van der Waals surface area contributed by atoms with E-state index in [2.05, 4.69) is 64.7 Å². The maximum absolute atomic E-state index is 10.8. The van der Waals surface area contributed by atoms with Crippen LogP contribution < -0.4 is 0 Å². The van der Waals surface area contributed by atoms with Crippen LogP contribution in [0, 0.1) is 24.7 Å². The number of carbonyl (C=O) groups is 1. The number of carboxylic acids is 1. The Balaban J connectivity index is 2.11. The second-order valence-corrected chi connectivity index (χ2v) is 8.84. The Bertz CT molecular complexity index is 812. The molecule has 2 nitrogen and oxygen atoms in total. The van der Waals surface area contributed by atoms with E-state index >= 15 is 0 Å². The van der Waals surface area contributed by atoms with Crippen LogP contribution in [0.3, 0.4) is 0 Å². The summed E-state index contributed by atoms with van der Waals surface area (Å²) in [7, 11) is 0. The van der Waals surface area contributed by atoms with Gasteiger partial charge in [0.2, 0.25) is 0 Å². The fraction of sp³-hybridized carbons (Fsp3) is 0.522. The fourth-order valence-corrected chi connectivity index (χ4v) is 4.33. The standard InChI is InChI=1S/C23H28O2/c1-15-13-19-20(23(4,5)12-11-22(19,2)3)14-18(15)17-8-6-7-16(17)9-10-21(24)25/h8,13-14,16H,6-7,11-12H2,1-5H3,(H,24,25). The smallest absolute Gasteiger partial charge is 0.381 e. The molecular weight excluding hydrogens is 308 g/mol. The minimum atomic E-state index is -1.05. The highest BCUT2D eigenvalue weighted by Crippen LogP contribution is 2.48. The molecule has 0 saturated heterocycles. The van der Waals surface area contributed by atoms with Crippen LogP contribution in [0.5, 0.6) is 0 Å². The molecule has 1 aromatic rings. The first-order chi connectivity index (χ1) is 11.6. The lowest BCUT2D eigenvalue weighted by Gasteiger charge is -2.42. The molecular formula is C23H28O2. The molecule has 0 fully saturated rings. The van der Waals surface area contributed by atoms with Gasteiger partial charge in [0.05, 0.1) is 0 Å².